The molecule has 1 fully saturated rings. The summed E-state index contributed by atoms with van der Waals surface area (Å²) >= 11 is 12.2. The first-order valence-electron chi connectivity index (χ1n) is 8.81. The molecule has 7 nitrogen and oxygen atoms in total. The van der Waals surface area contributed by atoms with Gasteiger partial charge in [-0.3, -0.25) is 14.7 Å². The van der Waals surface area contributed by atoms with Crippen molar-refractivity contribution in [3.05, 3.63) is 56.4 Å². The number of fused-ring (bicyclic) bond motifs is 1. The number of methoxy groups -OCH3 is 1. The molecule has 1 aliphatic heterocycles. The number of nitrogens with zero attached hydrogens (tertiary/aromatic N) is 3. The summed E-state index contributed by atoms with van der Waals surface area (Å²) in [6.45, 7) is 1.55. The second kappa shape index (κ2) is 7.58. The summed E-state index contributed by atoms with van der Waals surface area (Å²) in [6, 6.07) is 8.40. The Morgan fingerprint density at radius 3 is 2.82 bits per heavy atom. The molecule has 1 saturated heterocycles. The minimum absolute atomic E-state index is 0.0479. The summed E-state index contributed by atoms with van der Waals surface area (Å²) in [4.78, 5) is 31.1. The number of carbonyl (C=O) groups excluding carboxylic acids is 1. The van der Waals surface area contributed by atoms with E-state index in [1.807, 2.05) is 0 Å². The molecule has 0 bridgehead atoms. The average Bonchev–Trinajstić information content (AvgIpc) is 3.24. The number of ether oxygens (including phenoxy) is 1. The number of nitrogens with one attached hydrogen (secondary N) is 1. The molecule has 3 heterocycles. The van der Waals surface area contributed by atoms with Gasteiger partial charge in [0, 0.05) is 55.3 Å². The van der Waals surface area contributed by atoms with Gasteiger partial charge >= 0.3 is 0 Å². The summed E-state index contributed by atoms with van der Waals surface area (Å²) in [5.74, 6) is -0.0636. The van der Waals surface area contributed by atoms with Crippen molar-refractivity contribution < 1.29 is 9.53 Å². The van der Waals surface area contributed by atoms with Crippen LogP contribution in [0, 0.1) is 0 Å². The molecule has 0 saturated carbocycles. The first kappa shape index (κ1) is 19.0. The summed E-state index contributed by atoms with van der Waals surface area (Å²) < 4.78 is 6.41. The number of aromatic amines is 1. The van der Waals surface area contributed by atoms with E-state index in [-0.39, 0.29) is 17.4 Å². The van der Waals surface area contributed by atoms with Crippen LogP contribution in [0.2, 0.25) is 10.0 Å². The molecule has 1 amide bonds. The molecular weight excluding hydrogens is 403 g/mol. The van der Waals surface area contributed by atoms with Crippen LogP contribution >= 0.6 is 23.2 Å². The Bertz CT molecular complexity index is 1110. The molecule has 0 unspecified atom stereocenters. The second-order valence-electron chi connectivity index (χ2n) is 6.74. The van der Waals surface area contributed by atoms with Gasteiger partial charge in [0.15, 0.2) is 5.65 Å². The van der Waals surface area contributed by atoms with E-state index in [1.165, 1.54) is 10.6 Å². The quantitative estimate of drug-likeness (QED) is 0.687. The minimum atomic E-state index is -0.237. The van der Waals surface area contributed by atoms with Crippen molar-refractivity contribution in [1.29, 1.82) is 0 Å². The van der Waals surface area contributed by atoms with Gasteiger partial charge in [-0.15, -0.1) is 0 Å². The number of likely N-dealkylation sites (tertiary alicyclic amines) is 1. The third-order valence-electron chi connectivity index (χ3n) is 4.89. The van der Waals surface area contributed by atoms with Crippen molar-refractivity contribution in [2.24, 2.45) is 0 Å². The Kier molecular flexibility index (Phi) is 5.14. The average molecular weight is 421 g/mol. The van der Waals surface area contributed by atoms with Gasteiger partial charge in [-0.05, 0) is 18.2 Å². The van der Waals surface area contributed by atoms with Gasteiger partial charge in [-0.1, -0.05) is 23.2 Å². The van der Waals surface area contributed by atoms with Gasteiger partial charge < -0.3 is 9.64 Å². The summed E-state index contributed by atoms with van der Waals surface area (Å²) in [5.41, 5.74) is 2.24. The van der Waals surface area contributed by atoms with Crippen molar-refractivity contribution in [2.45, 2.75) is 12.3 Å². The third-order valence-corrected chi connectivity index (χ3v) is 5.44. The fraction of sp³-hybridized carbons (Fsp3) is 0.316. The number of halogens is 2. The smallest absolute Gasteiger partial charge is 0.272 e. The normalized spacial score (nSPS) is 17.0. The minimum Gasteiger partial charge on any atom is -0.383 e. The van der Waals surface area contributed by atoms with E-state index in [0.717, 1.165) is 5.56 Å². The Morgan fingerprint density at radius 2 is 2.07 bits per heavy atom. The zero-order valence-corrected chi connectivity index (χ0v) is 16.6. The molecule has 4 rings (SSSR count). The number of aromatic nitrogens is 3. The van der Waals surface area contributed by atoms with E-state index in [2.05, 4.69) is 10.1 Å². The predicted octanol–water partition coefficient (Wildman–Crippen LogP) is 2.96. The first-order valence-corrected chi connectivity index (χ1v) is 9.56. The van der Waals surface area contributed by atoms with Crippen molar-refractivity contribution in [3.8, 4) is 11.3 Å². The number of benzene rings is 1. The van der Waals surface area contributed by atoms with Crippen molar-refractivity contribution in [2.75, 3.05) is 26.8 Å². The number of rotatable bonds is 5. The third kappa shape index (κ3) is 3.53. The largest absolute Gasteiger partial charge is 0.383 e. The van der Waals surface area contributed by atoms with Crippen molar-refractivity contribution >= 4 is 34.8 Å². The van der Waals surface area contributed by atoms with Crippen LogP contribution in [0.3, 0.4) is 0 Å². The van der Waals surface area contributed by atoms with Crippen LogP contribution in [0.5, 0.6) is 0 Å². The van der Waals surface area contributed by atoms with Gasteiger partial charge in [0.2, 0.25) is 5.91 Å². The lowest BCUT2D eigenvalue weighted by Crippen LogP contribution is -2.28. The van der Waals surface area contributed by atoms with E-state index >= 15 is 0 Å². The SMILES string of the molecule is COCCN1C[C@@H](c2cc(=O)n3[nH]c(-c4ccc(Cl)cc4Cl)cc3n2)CC1=O. The van der Waals surface area contributed by atoms with Crippen LogP contribution in [0.4, 0.5) is 0 Å². The van der Waals surface area contributed by atoms with E-state index in [1.54, 1.807) is 36.3 Å². The van der Waals surface area contributed by atoms with Crippen LogP contribution in [-0.2, 0) is 9.53 Å². The Labute approximate surface area is 170 Å². The fourth-order valence-electron chi connectivity index (χ4n) is 3.45. The number of hydrogen-bond donors (Lipinski definition) is 1. The van der Waals surface area contributed by atoms with Gasteiger partial charge in [0.05, 0.1) is 23.0 Å². The van der Waals surface area contributed by atoms with Gasteiger partial charge in [0.25, 0.3) is 5.56 Å². The van der Waals surface area contributed by atoms with E-state index in [4.69, 9.17) is 27.9 Å². The van der Waals surface area contributed by atoms with E-state index in [0.29, 0.717) is 53.2 Å². The van der Waals surface area contributed by atoms with E-state index in [9.17, 15) is 9.59 Å². The van der Waals surface area contributed by atoms with E-state index < -0.39 is 0 Å². The molecule has 28 heavy (non-hydrogen) atoms. The van der Waals surface area contributed by atoms with Crippen LogP contribution < -0.4 is 5.56 Å². The predicted molar refractivity (Wildman–Crippen MR) is 107 cm³/mol. The molecule has 0 aliphatic carbocycles. The molecular formula is C19H18Cl2N4O3. The Hall–Kier alpha value is -2.35. The monoisotopic (exact) mass is 420 g/mol. The highest BCUT2D eigenvalue weighted by Gasteiger charge is 2.31. The van der Waals surface area contributed by atoms with Gasteiger partial charge in [-0.2, -0.15) is 0 Å². The molecule has 1 atom stereocenters. The maximum atomic E-state index is 12.6. The highest BCUT2D eigenvalue weighted by molar-refractivity contribution is 6.36. The standard InChI is InChI=1S/C19H18Cl2N4O3/c1-28-5-4-24-10-11(6-18(24)26)15-9-19(27)25-17(22-15)8-16(23-25)13-3-2-12(20)7-14(13)21/h2-3,7-9,11,23H,4-6,10H2,1H3/t11-/m0/s1. The van der Waals surface area contributed by atoms with Crippen LogP contribution in [0.15, 0.2) is 35.1 Å². The summed E-state index contributed by atoms with van der Waals surface area (Å²) in [5, 5.41) is 4.03. The molecule has 1 N–H and O–H groups in total. The lowest BCUT2D eigenvalue weighted by atomic mass is 10.0. The Morgan fingerprint density at radius 1 is 1.25 bits per heavy atom. The second-order valence-corrected chi connectivity index (χ2v) is 7.58. The first-order chi connectivity index (χ1) is 13.5. The lowest BCUT2D eigenvalue weighted by Gasteiger charge is -2.15. The molecule has 0 radical (unpaired) electrons. The highest BCUT2D eigenvalue weighted by Crippen LogP contribution is 2.30. The molecule has 1 aromatic carbocycles. The zero-order chi connectivity index (χ0) is 19.8. The topological polar surface area (TPSA) is 79.7 Å². The van der Waals surface area contributed by atoms with Gasteiger partial charge in [0.1, 0.15) is 0 Å². The molecule has 9 heteroatoms. The number of amides is 1. The molecule has 0 spiro atoms. The molecule has 146 valence electrons. The molecule has 3 aromatic rings. The van der Waals surface area contributed by atoms with Crippen molar-refractivity contribution in [3.63, 3.8) is 0 Å². The van der Waals surface area contributed by atoms with Crippen molar-refractivity contribution in [1.82, 2.24) is 19.5 Å². The fourth-order valence-corrected chi connectivity index (χ4v) is 3.96. The number of H-pyrrole nitrogens is 1. The summed E-state index contributed by atoms with van der Waals surface area (Å²) in [7, 11) is 1.60. The van der Waals surface area contributed by atoms with Crippen LogP contribution in [0.1, 0.15) is 18.0 Å². The highest BCUT2D eigenvalue weighted by atomic mass is 35.5. The number of hydrogen-bond acceptors (Lipinski definition) is 4. The Balaban J connectivity index is 1.67. The maximum absolute atomic E-state index is 12.6. The van der Waals surface area contributed by atoms with Crippen LogP contribution in [0.25, 0.3) is 16.9 Å². The lowest BCUT2D eigenvalue weighted by molar-refractivity contribution is -0.128. The summed E-state index contributed by atoms with van der Waals surface area (Å²) in [6.07, 6.45) is 0.340. The zero-order valence-electron chi connectivity index (χ0n) is 15.1. The van der Waals surface area contributed by atoms with Gasteiger partial charge in [-0.25, -0.2) is 9.50 Å². The molecule has 1 aliphatic rings. The maximum Gasteiger partial charge on any atom is 0.272 e. The van der Waals surface area contributed by atoms with Crippen LogP contribution in [-0.4, -0.2) is 52.2 Å². The molecule has 2 aromatic heterocycles. The number of carbonyl (C=O) groups is 1.